The van der Waals surface area contributed by atoms with Crippen molar-refractivity contribution in [2.45, 2.75) is 31.9 Å². The Bertz CT molecular complexity index is 364. The molecule has 0 spiro atoms. The largest absolute Gasteiger partial charge is 0.481 e. The van der Waals surface area contributed by atoms with Gasteiger partial charge in [0.1, 0.15) is 6.17 Å². The minimum atomic E-state index is -0.874. The summed E-state index contributed by atoms with van der Waals surface area (Å²) in [6.45, 7) is 0. The number of carbonyl (C=O) groups is 1. The average Bonchev–Trinajstić information content (AvgIpc) is 2.65. The van der Waals surface area contributed by atoms with Gasteiger partial charge in [-0.1, -0.05) is 0 Å². The highest BCUT2D eigenvalue weighted by Gasteiger charge is 2.26. The third kappa shape index (κ3) is 1.77. The second-order valence-electron chi connectivity index (χ2n) is 3.32. The van der Waals surface area contributed by atoms with Crippen LogP contribution in [-0.2, 0) is 17.6 Å². The molecular formula is C9H10FNO2S. The van der Waals surface area contributed by atoms with Crippen LogP contribution in [0, 0.1) is 0 Å². The fraction of sp³-hybridized carbons (Fsp3) is 0.556. The third-order valence-electron chi connectivity index (χ3n) is 2.24. The first-order valence-electron chi connectivity index (χ1n) is 4.51. The molecule has 0 bridgehead atoms. The molecule has 1 N–H and O–H groups in total. The van der Waals surface area contributed by atoms with Crippen LogP contribution in [0.3, 0.4) is 0 Å². The van der Waals surface area contributed by atoms with Gasteiger partial charge in [0.05, 0.1) is 22.0 Å². The molecule has 2 rings (SSSR count). The summed E-state index contributed by atoms with van der Waals surface area (Å²) in [5.41, 5.74) is 0.836. The first-order valence-corrected chi connectivity index (χ1v) is 5.33. The maximum atomic E-state index is 13.2. The van der Waals surface area contributed by atoms with Crippen LogP contribution < -0.4 is 0 Å². The first-order chi connectivity index (χ1) is 6.66. The summed E-state index contributed by atoms with van der Waals surface area (Å²) in [7, 11) is 0. The zero-order valence-electron chi connectivity index (χ0n) is 7.49. The summed E-state index contributed by atoms with van der Waals surface area (Å²) in [5.74, 6) is -0.836. The van der Waals surface area contributed by atoms with Crippen LogP contribution >= 0.6 is 11.3 Å². The molecule has 1 unspecified atom stereocenters. The molecule has 5 heteroatoms. The SMILES string of the molecule is O=C(O)CCc1nc2c(s1)C(F)CC2. The van der Waals surface area contributed by atoms with Gasteiger partial charge in [0.2, 0.25) is 0 Å². The van der Waals surface area contributed by atoms with Crippen molar-refractivity contribution >= 4 is 17.3 Å². The van der Waals surface area contributed by atoms with Crippen LogP contribution in [0.2, 0.25) is 0 Å². The van der Waals surface area contributed by atoms with E-state index in [0.717, 1.165) is 10.7 Å². The third-order valence-corrected chi connectivity index (χ3v) is 3.49. The summed E-state index contributed by atoms with van der Waals surface area (Å²) < 4.78 is 13.2. The number of hydrogen-bond acceptors (Lipinski definition) is 3. The maximum absolute atomic E-state index is 13.2. The molecule has 0 saturated carbocycles. The molecule has 14 heavy (non-hydrogen) atoms. The van der Waals surface area contributed by atoms with Gasteiger partial charge in [0.25, 0.3) is 0 Å². The Hall–Kier alpha value is -0.970. The van der Waals surface area contributed by atoms with Crippen LogP contribution in [0.4, 0.5) is 4.39 Å². The van der Waals surface area contributed by atoms with Crippen LogP contribution in [-0.4, -0.2) is 16.1 Å². The maximum Gasteiger partial charge on any atom is 0.303 e. The van der Waals surface area contributed by atoms with Crippen molar-refractivity contribution in [2.24, 2.45) is 0 Å². The van der Waals surface area contributed by atoms with Gasteiger partial charge in [-0.05, 0) is 12.8 Å². The molecule has 76 valence electrons. The van der Waals surface area contributed by atoms with Crippen molar-refractivity contribution in [3.05, 3.63) is 15.6 Å². The number of aromatic nitrogens is 1. The summed E-state index contributed by atoms with van der Waals surface area (Å²) >= 11 is 1.32. The van der Waals surface area contributed by atoms with Crippen LogP contribution in [0.25, 0.3) is 0 Å². The Morgan fingerprint density at radius 1 is 1.71 bits per heavy atom. The lowest BCUT2D eigenvalue weighted by Crippen LogP contribution is -1.97. The van der Waals surface area contributed by atoms with Crippen molar-refractivity contribution in [3.8, 4) is 0 Å². The molecule has 0 aromatic carbocycles. The number of rotatable bonds is 3. The molecule has 0 saturated heterocycles. The van der Waals surface area contributed by atoms with E-state index >= 15 is 0 Å². The van der Waals surface area contributed by atoms with Crippen molar-refractivity contribution < 1.29 is 14.3 Å². The van der Waals surface area contributed by atoms with E-state index in [0.29, 0.717) is 24.1 Å². The average molecular weight is 215 g/mol. The molecule has 0 aliphatic heterocycles. The minimum absolute atomic E-state index is 0.0728. The first kappa shape index (κ1) is 9.58. The van der Waals surface area contributed by atoms with Crippen LogP contribution in [0.15, 0.2) is 0 Å². The van der Waals surface area contributed by atoms with E-state index in [1.807, 2.05) is 0 Å². The summed E-state index contributed by atoms with van der Waals surface area (Å²) in [4.78, 5) is 15.3. The van der Waals surface area contributed by atoms with Gasteiger partial charge in [-0.3, -0.25) is 4.79 Å². The predicted molar refractivity (Wildman–Crippen MR) is 50.2 cm³/mol. The van der Waals surface area contributed by atoms with E-state index in [-0.39, 0.29) is 6.42 Å². The number of fused-ring (bicyclic) bond motifs is 1. The number of halogens is 1. The molecule has 1 heterocycles. The van der Waals surface area contributed by atoms with Crippen molar-refractivity contribution in [1.82, 2.24) is 4.98 Å². The summed E-state index contributed by atoms with van der Waals surface area (Å²) in [6, 6.07) is 0. The topological polar surface area (TPSA) is 50.2 Å². The van der Waals surface area contributed by atoms with E-state index in [4.69, 9.17) is 5.11 Å². The van der Waals surface area contributed by atoms with Gasteiger partial charge in [-0.25, -0.2) is 9.37 Å². The Labute approximate surface area is 84.6 Å². The van der Waals surface area contributed by atoms with E-state index < -0.39 is 12.1 Å². The Morgan fingerprint density at radius 2 is 2.50 bits per heavy atom. The molecular weight excluding hydrogens is 205 g/mol. The number of thiazole rings is 1. The van der Waals surface area contributed by atoms with Gasteiger partial charge in [0.15, 0.2) is 0 Å². The standard InChI is InChI=1S/C9H10FNO2S/c10-5-1-2-6-9(5)14-7(11-6)3-4-8(12)13/h5H,1-4H2,(H,12,13). The van der Waals surface area contributed by atoms with Crippen molar-refractivity contribution in [2.75, 3.05) is 0 Å². The van der Waals surface area contributed by atoms with Crippen LogP contribution in [0.1, 0.15) is 34.6 Å². The smallest absolute Gasteiger partial charge is 0.303 e. The zero-order valence-corrected chi connectivity index (χ0v) is 8.31. The molecule has 0 amide bonds. The number of nitrogens with zero attached hydrogens (tertiary/aromatic N) is 1. The van der Waals surface area contributed by atoms with Crippen LogP contribution in [0.5, 0.6) is 0 Å². The number of alkyl halides is 1. The molecule has 1 atom stereocenters. The zero-order chi connectivity index (χ0) is 10.1. The molecule has 1 aromatic heterocycles. The normalized spacial score (nSPS) is 19.6. The molecule has 1 aliphatic carbocycles. The molecule has 1 aliphatic rings. The van der Waals surface area contributed by atoms with Gasteiger partial charge in [-0.15, -0.1) is 11.3 Å². The number of carboxylic acids is 1. The number of aryl methyl sites for hydroxylation is 2. The molecule has 0 radical (unpaired) electrons. The Morgan fingerprint density at radius 3 is 3.14 bits per heavy atom. The van der Waals surface area contributed by atoms with Gasteiger partial charge in [-0.2, -0.15) is 0 Å². The van der Waals surface area contributed by atoms with Crippen molar-refractivity contribution in [3.63, 3.8) is 0 Å². The lowest BCUT2D eigenvalue weighted by atomic mass is 10.3. The second kappa shape index (κ2) is 3.65. The van der Waals surface area contributed by atoms with Crippen molar-refractivity contribution in [1.29, 1.82) is 0 Å². The molecule has 3 nitrogen and oxygen atoms in total. The number of aliphatic carboxylic acids is 1. The van der Waals surface area contributed by atoms with Gasteiger partial charge < -0.3 is 5.11 Å². The highest BCUT2D eigenvalue weighted by atomic mass is 32.1. The quantitative estimate of drug-likeness (QED) is 0.840. The second-order valence-corrected chi connectivity index (χ2v) is 4.43. The predicted octanol–water partition coefficient (Wildman–Crippen LogP) is 2.12. The Balaban J connectivity index is 2.07. The van der Waals surface area contributed by atoms with Gasteiger partial charge in [0, 0.05) is 6.42 Å². The highest BCUT2D eigenvalue weighted by molar-refractivity contribution is 7.11. The van der Waals surface area contributed by atoms with E-state index in [1.54, 1.807) is 0 Å². The fourth-order valence-corrected chi connectivity index (χ4v) is 2.68. The van der Waals surface area contributed by atoms with E-state index in [1.165, 1.54) is 11.3 Å². The summed E-state index contributed by atoms with van der Waals surface area (Å²) in [6.07, 6.45) is 0.845. The van der Waals surface area contributed by atoms with Gasteiger partial charge >= 0.3 is 5.97 Å². The lowest BCUT2D eigenvalue weighted by molar-refractivity contribution is -0.136. The van der Waals surface area contributed by atoms with E-state index in [2.05, 4.69) is 4.98 Å². The Kier molecular flexibility index (Phi) is 2.50. The lowest BCUT2D eigenvalue weighted by Gasteiger charge is -1.94. The molecule has 1 aromatic rings. The van der Waals surface area contributed by atoms with E-state index in [9.17, 15) is 9.18 Å². The molecule has 0 fully saturated rings. The minimum Gasteiger partial charge on any atom is -0.481 e. The monoisotopic (exact) mass is 215 g/mol. The fourth-order valence-electron chi connectivity index (χ4n) is 1.55. The highest BCUT2D eigenvalue weighted by Crippen LogP contribution is 2.38. The number of carboxylic acid groups (broad SMARTS) is 1. The number of hydrogen-bond donors (Lipinski definition) is 1. The summed E-state index contributed by atoms with van der Waals surface area (Å²) in [5, 5.41) is 9.23.